The molecular formula is C11H18N4O3. The van der Waals surface area contributed by atoms with Crippen LogP contribution in [0.2, 0.25) is 0 Å². The fraction of sp³-hybridized carbons (Fsp3) is 0.545. The maximum Gasteiger partial charge on any atom is 0.231 e. The van der Waals surface area contributed by atoms with Gasteiger partial charge in [0.05, 0.1) is 18.2 Å². The van der Waals surface area contributed by atoms with E-state index in [0.717, 1.165) is 12.1 Å². The van der Waals surface area contributed by atoms with Crippen LogP contribution >= 0.6 is 0 Å². The Hall–Kier alpha value is -2.05. The van der Waals surface area contributed by atoms with Crippen LogP contribution in [0, 0.1) is 12.8 Å². The number of amidine groups is 1. The van der Waals surface area contributed by atoms with Gasteiger partial charge in [-0.15, -0.1) is 0 Å². The Morgan fingerprint density at radius 1 is 1.72 bits per heavy atom. The molecule has 0 aliphatic heterocycles. The molecule has 0 aliphatic rings. The summed E-state index contributed by atoms with van der Waals surface area (Å²) in [6.07, 6.45) is 1.28. The number of nitrogens with zero attached hydrogens (tertiary/aromatic N) is 2. The Morgan fingerprint density at radius 2 is 2.44 bits per heavy atom. The number of rotatable bonds is 6. The Balaban J connectivity index is 2.56. The van der Waals surface area contributed by atoms with Crippen LogP contribution in [0.25, 0.3) is 0 Å². The molecule has 1 unspecified atom stereocenters. The van der Waals surface area contributed by atoms with E-state index in [2.05, 4.69) is 15.6 Å². The number of nitrogens with one attached hydrogen (secondary N) is 1. The van der Waals surface area contributed by atoms with Gasteiger partial charge in [-0.3, -0.25) is 4.79 Å². The first-order chi connectivity index (χ1) is 8.58. The molecule has 1 rings (SSSR count). The molecule has 1 aromatic rings. The van der Waals surface area contributed by atoms with Crippen LogP contribution in [0.4, 0.5) is 0 Å². The Kier molecular flexibility index (Phi) is 5.16. The van der Waals surface area contributed by atoms with Crippen LogP contribution in [0.5, 0.6) is 0 Å². The minimum atomic E-state index is -0.621. The molecule has 100 valence electrons. The number of aromatic nitrogens is 1. The van der Waals surface area contributed by atoms with E-state index in [1.807, 2.05) is 6.92 Å². The van der Waals surface area contributed by atoms with Crippen LogP contribution in [0.15, 0.2) is 15.7 Å². The number of aryl methyl sites for hydroxylation is 1. The Labute approximate surface area is 105 Å². The van der Waals surface area contributed by atoms with Crippen LogP contribution < -0.4 is 11.1 Å². The average molecular weight is 254 g/mol. The molecule has 0 spiro atoms. The van der Waals surface area contributed by atoms with Crippen LogP contribution in [-0.4, -0.2) is 22.1 Å². The highest BCUT2D eigenvalue weighted by molar-refractivity contribution is 6.01. The molecule has 0 bridgehead atoms. The monoisotopic (exact) mass is 254 g/mol. The van der Waals surface area contributed by atoms with Crippen molar-refractivity contribution in [3.05, 3.63) is 17.5 Å². The maximum absolute atomic E-state index is 11.9. The molecule has 7 heteroatoms. The summed E-state index contributed by atoms with van der Waals surface area (Å²) in [5.41, 5.74) is 6.23. The van der Waals surface area contributed by atoms with Gasteiger partial charge in [0, 0.05) is 6.07 Å². The Bertz CT molecular complexity index is 428. The van der Waals surface area contributed by atoms with E-state index < -0.39 is 5.92 Å². The van der Waals surface area contributed by atoms with E-state index in [-0.39, 0.29) is 18.3 Å². The largest absolute Gasteiger partial charge is 0.409 e. The minimum absolute atomic E-state index is 0.0805. The lowest BCUT2D eigenvalue weighted by Gasteiger charge is -2.13. The van der Waals surface area contributed by atoms with Crippen molar-refractivity contribution < 1.29 is 14.5 Å². The molecule has 1 aromatic heterocycles. The standard InChI is InChI=1S/C11H18N4O3/c1-3-4-9(10(12)14-17)11(16)13-6-8-5-7(2)15-18-8/h5,9,17H,3-4,6H2,1-2H3,(H2,12,14)(H,13,16). The van der Waals surface area contributed by atoms with Crippen molar-refractivity contribution in [1.29, 1.82) is 0 Å². The predicted octanol–water partition coefficient (Wildman–Crippen LogP) is 0.762. The number of carbonyl (C=O) groups is 1. The van der Waals surface area contributed by atoms with Crippen molar-refractivity contribution >= 4 is 11.7 Å². The van der Waals surface area contributed by atoms with Crippen molar-refractivity contribution in [2.75, 3.05) is 0 Å². The molecule has 18 heavy (non-hydrogen) atoms. The third-order valence-electron chi connectivity index (χ3n) is 2.48. The average Bonchev–Trinajstić information content (AvgIpc) is 2.78. The molecule has 1 atom stereocenters. The van der Waals surface area contributed by atoms with Gasteiger partial charge in [-0.1, -0.05) is 23.7 Å². The zero-order valence-electron chi connectivity index (χ0n) is 10.5. The van der Waals surface area contributed by atoms with Crippen molar-refractivity contribution in [2.45, 2.75) is 33.2 Å². The molecule has 0 fully saturated rings. The number of amides is 1. The number of carbonyl (C=O) groups excluding carboxylic acids is 1. The molecule has 0 aliphatic carbocycles. The van der Waals surface area contributed by atoms with Crippen LogP contribution in [-0.2, 0) is 11.3 Å². The zero-order chi connectivity index (χ0) is 13.5. The van der Waals surface area contributed by atoms with Gasteiger partial charge in [0.15, 0.2) is 11.6 Å². The lowest BCUT2D eigenvalue weighted by atomic mass is 10.0. The van der Waals surface area contributed by atoms with Gasteiger partial charge in [0.2, 0.25) is 5.91 Å². The van der Waals surface area contributed by atoms with Crippen LogP contribution in [0.3, 0.4) is 0 Å². The number of nitrogens with two attached hydrogens (primary N) is 1. The van der Waals surface area contributed by atoms with E-state index in [0.29, 0.717) is 12.2 Å². The summed E-state index contributed by atoms with van der Waals surface area (Å²) in [6, 6.07) is 1.73. The third kappa shape index (κ3) is 3.76. The van der Waals surface area contributed by atoms with Crippen molar-refractivity contribution in [1.82, 2.24) is 10.5 Å². The number of hydrogen-bond acceptors (Lipinski definition) is 5. The first-order valence-electron chi connectivity index (χ1n) is 5.75. The fourth-order valence-corrected chi connectivity index (χ4v) is 1.57. The van der Waals surface area contributed by atoms with E-state index >= 15 is 0 Å². The van der Waals surface area contributed by atoms with Gasteiger partial charge >= 0.3 is 0 Å². The van der Waals surface area contributed by atoms with Crippen LogP contribution in [0.1, 0.15) is 31.2 Å². The normalized spacial score (nSPS) is 13.3. The quantitative estimate of drug-likeness (QED) is 0.300. The lowest BCUT2D eigenvalue weighted by molar-refractivity contribution is -0.123. The van der Waals surface area contributed by atoms with E-state index in [1.165, 1.54) is 0 Å². The maximum atomic E-state index is 11.9. The molecule has 0 saturated carbocycles. The van der Waals surface area contributed by atoms with E-state index in [4.69, 9.17) is 15.5 Å². The number of oxime groups is 1. The summed E-state index contributed by atoms with van der Waals surface area (Å²) in [7, 11) is 0. The molecular weight excluding hydrogens is 236 g/mol. The zero-order valence-corrected chi connectivity index (χ0v) is 10.5. The highest BCUT2D eigenvalue weighted by Gasteiger charge is 2.22. The minimum Gasteiger partial charge on any atom is -0.409 e. The molecule has 0 saturated heterocycles. The van der Waals surface area contributed by atoms with Crippen molar-refractivity contribution in [3.8, 4) is 0 Å². The highest BCUT2D eigenvalue weighted by Crippen LogP contribution is 2.08. The SMILES string of the molecule is CCCC(C(=O)NCc1cc(C)no1)/C(N)=N/O. The highest BCUT2D eigenvalue weighted by atomic mass is 16.5. The van der Waals surface area contributed by atoms with Gasteiger partial charge in [-0.2, -0.15) is 0 Å². The molecule has 0 aromatic carbocycles. The summed E-state index contributed by atoms with van der Waals surface area (Å²) >= 11 is 0. The Morgan fingerprint density at radius 3 is 2.94 bits per heavy atom. The van der Waals surface area contributed by atoms with Crippen molar-refractivity contribution in [2.24, 2.45) is 16.8 Å². The van der Waals surface area contributed by atoms with Gasteiger partial charge in [-0.25, -0.2) is 0 Å². The second kappa shape index (κ2) is 6.63. The second-order valence-electron chi connectivity index (χ2n) is 4.02. The molecule has 1 heterocycles. The number of hydrogen-bond donors (Lipinski definition) is 3. The van der Waals surface area contributed by atoms with E-state index in [1.54, 1.807) is 13.0 Å². The first kappa shape index (κ1) is 14.0. The predicted molar refractivity (Wildman–Crippen MR) is 64.9 cm³/mol. The summed E-state index contributed by atoms with van der Waals surface area (Å²) in [5.74, 6) is -0.427. The first-order valence-corrected chi connectivity index (χ1v) is 5.75. The lowest BCUT2D eigenvalue weighted by Crippen LogP contribution is -2.38. The molecule has 4 N–H and O–H groups in total. The van der Waals surface area contributed by atoms with Crippen molar-refractivity contribution in [3.63, 3.8) is 0 Å². The topological polar surface area (TPSA) is 114 Å². The molecule has 7 nitrogen and oxygen atoms in total. The third-order valence-corrected chi connectivity index (χ3v) is 2.48. The molecule has 1 amide bonds. The summed E-state index contributed by atoms with van der Waals surface area (Å²) in [5, 5.41) is 17.9. The molecule has 0 radical (unpaired) electrons. The van der Waals surface area contributed by atoms with Gasteiger partial charge in [0.25, 0.3) is 0 Å². The fourth-order valence-electron chi connectivity index (χ4n) is 1.57. The summed E-state index contributed by atoms with van der Waals surface area (Å²) < 4.78 is 4.97. The van der Waals surface area contributed by atoms with Gasteiger partial charge in [-0.05, 0) is 13.3 Å². The second-order valence-corrected chi connectivity index (χ2v) is 4.02. The summed E-state index contributed by atoms with van der Waals surface area (Å²) in [6.45, 7) is 3.95. The van der Waals surface area contributed by atoms with Gasteiger partial charge < -0.3 is 20.8 Å². The van der Waals surface area contributed by atoms with Gasteiger partial charge in [0.1, 0.15) is 0 Å². The smallest absolute Gasteiger partial charge is 0.231 e. The summed E-state index contributed by atoms with van der Waals surface area (Å²) in [4.78, 5) is 11.9. The van der Waals surface area contributed by atoms with E-state index in [9.17, 15) is 4.79 Å².